The normalized spacial score (nSPS) is 12.2. The third-order valence-corrected chi connectivity index (χ3v) is 11.1. The molecule has 3 aromatic heterocycles. The molecule has 0 radical (unpaired) electrons. The molecule has 3 nitrogen and oxygen atoms in total. The van der Waals surface area contributed by atoms with Crippen LogP contribution in [0.1, 0.15) is 0 Å². The van der Waals surface area contributed by atoms with Crippen molar-refractivity contribution in [1.82, 2.24) is 0 Å². The lowest BCUT2D eigenvalue weighted by Crippen LogP contribution is -1.92. The number of hydrogen-bond donors (Lipinski definition) is 0. The summed E-state index contributed by atoms with van der Waals surface area (Å²) in [6, 6.07) is 60.0. The molecule has 0 aliphatic heterocycles. The summed E-state index contributed by atoms with van der Waals surface area (Å²) < 4.78 is 19.9. The average molecular weight is 677 g/mol. The summed E-state index contributed by atoms with van der Waals surface area (Å²) >= 11 is 0. The summed E-state index contributed by atoms with van der Waals surface area (Å²) in [5.74, 6) is 0. The van der Waals surface area contributed by atoms with Crippen molar-refractivity contribution in [2.75, 3.05) is 0 Å². The second kappa shape index (κ2) is 10.7. The molecule has 3 heteroatoms. The van der Waals surface area contributed by atoms with E-state index in [-0.39, 0.29) is 0 Å². The molecule has 53 heavy (non-hydrogen) atoms. The molecule has 0 bridgehead atoms. The summed E-state index contributed by atoms with van der Waals surface area (Å²) in [5, 5.41) is 11.3. The van der Waals surface area contributed by atoms with Crippen molar-refractivity contribution in [2.24, 2.45) is 0 Å². The van der Waals surface area contributed by atoms with Gasteiger partial charge in [-0.15, -0.1) is 0 Å². The first-order valence-electron chi connectivity index (χ1n) is 18.0. The van der Waals surface area contributed by atoms with E-state index in [2.05, 4.69) is 146 Å². The highest BCUT2D eigenvalue weighted by atomic mass is 16.3. The van der Waals surface area contributed by atoms with Crippen LogP contribution in [0.15, 0.2) is 183 Å². The minimum atomic E-state index is 0.863. The van der Waals surface area contributed by atoms with E-state index in [0.717, 1.165) is 88.1 Å². The van der Waals surface area contributed by atoms with Gasteiger partial charge in [0.1, 0.15) is 33.5 Å². The molecular formula is C50H28O3. The van der Waals surface area contributed by atoms with Gasteiger partial charge in [0.05, 0.1) is 0 Å². The van der Waals surface area contributed by atoms with Crippen LogP contribution in [0.25, 0.3) is 121 Å². The third kappa shape index (κ3) is 3.94. The maximum absolute atomic E-state index is 6.89. The predicted molar refractivity (Wildman–Crippen MR) is 220 cm³/mol. The molecule has 246 valence electrons. The first-order chi connectivity index (χ1) is 26.3. The van der Waals surface area contributed by atoms with Crippen LogP contribution in [-0.4, -0.2) is 0 Å². The summed E-state index contributed by atoms with van der Waals surface area (Å²) in [6.07, 6.45) is 0. The summed E-state index contributed by atoms with van der Waals surface area (Å²) in [5.41, 5.74) is 12.0. The zero-order valence-electron chi connectivity index (χ0n) is 28.4. The van der Waals surface area contributed by atoms with E-state index in [1.165, 1.54) is 32.7 Å². The summed E-state index contributed by atoms with van der Waals surface area (Å²) in [6.45, 7) is 0. The molecule has 0 saturated carbocycles. The molecule has 0 saturated heterocycles. The Kier molecular flexibility index (Phi) is 5.77. The molecule has 0 spiro atoms. The van der Waals surface area contributed by atoms with Gasteiger partial charge in [-0.2, -0.15) is 0 Å². The number of hydrogen-bond acceptors (Lipinski definition) is 3. The van der Waals surface area contributed by atoms with Gasteiger partial charge < -0.3 is 13.3 Å². The Balaban J connectivity index is 1.21. The molecule has 0 N–H and O–H groups in total. The molecular weight excluding hydrogens is 649 g/mol. The van der Waals surface area contributed by atoms with Crippen molar-refractivity contribution in [3.8, 4) is 33.4 Å². The average Bonchev–Trinajstić information content (AvgIpc) is 3.92. The Morgan fingerprint density at radius 2 is 0.660 bits per heavy atom. The molecule has 3 heterocycles. The monoisotopic (exact) mass is 676 g/mol. The first-order valence-corrected chi connectivity index (χ1v) is 18.0. The van der Waals surface area contributed by atoms with Crippen LogP contribution in [-0.2, 0) is 0 Å². The van der Waals surface area contributed by atoms with Crippen molar-refractivity contribution in [3.05, 3.63) is 170 Å². The van der Waals surface area contributed by atoms with Crippen LogP contribution in [0, 0.1) is 0 Å². The van der Waals surface area contributed by atoms with Crippen LogP contribution >= 0.6 is 0 Å². The minimum Gasteiger partial charge on any atom is -0.456 e. The zero-order valence-corrected chi connectivity index (χ0v) is 28.4. The molecule has 0 aliphatic carbocycles. The van der Waals surface area contributed by atoms with Gasteiger partial charge in [-0.05, 0) is 68.6 Å². The van der Waals surface area contributed by atoms with Crippen molar-refractivity contribution < 1.29 is 13.3 Å². The Morgan fingerprint density at radius 3 is 1.34 bits per heavy atom. The molecule has 9 aromatic carbocycles. The SMILES string of the molecule is c1ccc2c(c1)oc1c(-c3c4ccccc4c(-c4ccc(-c5cccc6oc7ccccc7c56)c5oc6ccccc6c45)c4ccccc34)cccc12. The highest BCUT2D eigenvalue weighted by Gasteiger charge is 2.24. The van der Waals surface area contributed by atoms with Crippen molar-refractivity contribution in [3.63, 3.8) is 0 Å². The van der Waals surface area contributed by atoms with Crippen LogP contribution in [0.4, 0.5) is 0 Å². The van der Waals surface area contributed by atoms with Crippen LogP contribution in [0.5, 0.6) is 0 Å². The lowest BCUT2D eigenvalue weighted by Gasteiger charge is -2.19. The van der Waals surface area contributed by atoms with Crippen LogP contribution < -0.4 is 0 Å². The quantitative estimate of drug-likeness (QED) is 0.175. The Hall–Kier alpha value is -7.10. The fourth-order valence-electron chi connectivity index (χ4n) is 8.90. The fourth-order valence-corrected chi connectivity index (χ4v) is 8.90. The predicted octanol–water partition coefficient (Wildman–Crippen LogP) is 14.7. The van der Waals surface area contributed by atoms with Gasteiger partial charge in [0, 0.05) is 49.0 Å². The highest BCUT2D eigenvalue weighted by molar-refractivity contribution is 6.28. The van der Waals surface area contributed by atoms with Gasteiger partial charge in [-0.25, -0.2) is 0 Å². The maximum atomic E-state index is 6.89. The number of rotatable bonds is 3. The van der Waals surface area contributed by atoms with Crippen molar-refractivity contribution >= 4 is 87.4 Å². The number of para-hydroxylation sites is 4. The van der Waals surface area contributed by atoms with Gasteiger partial charge in [-0.3, -0.25) is 0 Å². The van der Waals surface area contributed by atoms with Crippen molar-refractivity contribution in [1.29, 1.82) is 0 Å². The van der Waals surface area contributed by atoms with Gasteiger partial charge >= 0.3 is 0 Å². The minimum absolute atomic E-state index is 0.863. The molecule has 0 fully saturated rings. The molecule has 12 rings (SSSR count). The smallest absolute Gasteiger partial charge is 0.143 e. The Morgan fingerprint density at radius 1 is 0.226 bits per heavy atom. The standard InChI is InChI=1S/C50H28O3/c1-3-16-32-30(14-1)45(31-15-2-4-17-33(31)46(32)40-22-11-21-35-29-13-5-8-23-41(29)52-49(35)40)39-28-27-36(50-48(39)38-19-7-10-25-43(38)53-50)34-20-12-26-44-47(34)37-18-6-9-24-42(37)51-44/h1-28H. The second-order valence-electron chi connectivity index (χ2n) is 13.9. The molecule has 0 unspecified atom stereocenters. The van der Waals surface area contributed by atoms with E-state index < -0.39 is 0 Å². The van der Waals surface area contributed by atoms with Gasteiger partial charge in [0.25, 0.3) is 0 Å². The van der Waals surface area contributed by atoms with E-state index in [1.54, 1.807) is 0 Å². The molecule has 0 aliphatic rings. The number of furan rings is 3. The maximum Gasteiger partial charge on any atom is 0.143 e. The fraction of sp³-hybridized carbons (Fsp3) is 0. The first kappa shape index (κ1) is 28.6. The van der Waals surface area contributed by atoms with Crippen LogP contribution in [0.3, 0.4) is 0 Å². The van der Waals surface area contributed by atoms with E-state index >= 15 is 0 Å². The number of benzene rings is 9. The lowest BCUT2D eigenvalue weighted by atomic mass is 9.84. The second-order valence-corrected chi connectivity index (χ2v) is 13.9. The van der Waals surface area contributed by atoms with E-state index in [0.29, 0.717) is 0 Å². The molecule has 0 amide bonds. The summed E-state index contributed by atoms with van der Waals surface area (Å²) in [7, 11) is 0. The van der Waals surface area contributed by atoms with Gasteiger partial charge in [-0.1, -0.05) is 140 Å². The van der Waals surface area contributed by atoms with E-state index in [1.807, 2.05) is 24.3 Å². The zero-order chi connectivity index (χ0) is 34.6. The van der Waals surface area contributed by atoms with E-state index in [9.17, 15) is 0 Å². The molecule has 12 aromatic rings. The Labute approximate surface area is 302 Å². The van der Waals surface area contributed by atoms with Gasteiger partial charge in [0.2, 0.25) is 0 Å². The topological polar surface area (TPSA) is 39.4 Å². The lowest BCUT2D eigenvalue weighted by molar-refractivity contribution is 0.668. The number of fused-ring (bicyclic) bond motifs is 11. The molecule has 0 atom stereocenters. The largest absolute Gasteiger partial charge is 0.456 e. The summed E-state index contributed by atoms with van der Waals surface area (Å²) in [4.78, 5) is 0. The Bertz CT molecular complexity index is 3410. The highest BCUT2D eigenvalue weighted by Crippen LogP contribution is 2.50. The van der Waals surface area contributed by atoms with Crippen molar-refractivity contribution in [2.45, 2.75) is 0 Å². The third-order valence-electron chi connectivity index (χ3n) is 11.1. The van der Waals surface area contributed by atoms with Crippen LogP contribution in [0.2, 0.25) is 0 Å². The van der Waals surface area contributed by atoms with Gasteiger partial charge in [0.15, 0.2) is 0 Å². The van der Waals surface area contributed by atoms with E-state index in [4.69, 9.17) is 13.3 Å².